The molecule has 1 aromatic carbocycles. The Hall–Kier alpha value is -2.00. The minimum absolute atomic E-state index is 0.303. The van der Waals surface area contributed by atoms with Crippen LogP contribution in [-0.4, -0.2) is 32.4 Å². The van der Waals surface area contributed by atoms with Crippen LogP contribution in [0.15, 0.2) is 17.3 Å². The molecule has 2 rings (SSSR count). The summed E-state index contributed by atoms with van der Waals surface area (Å²) in [6, 6.07) is 3.17. The van der Waals surface area contributed by atoms with E-state index in [0.717, 1.165) is 12.7 Å². The first-order valence-electron chi connectivity index (χ1n) is 7.12. The fourth-order valence-electron chi connectivity index (χ4n) is 1.76. The predicted octanol–water partition coefficient (Wildman–Crippen LogP) is 2.29. The number of aromatic nitrogens is 3. The average molecular weight is 358 g/mol. The highest BCUT2D eigenvalue weighted by Crippen LogP contribution is 2.24. The van der Waals surface area contributed by atoms with Gasteiger partial charge in [0.1, 0.15) is 5.82 Å². The maximum Gasteiger partial charge on any atom is 0.300 e. The quantitative estimate of drug-likeness (QED) is 0.797. The van der Waals surface area contributed by atoms with E-state index >= 15 is 0 Å². The first-order chi connectivity index (χ1) is 11.3. The van der Waals surface area contributed by atoms with E-state index in [1.165, 1.54) is 18.7 Å². The van der Waals surface area contributed by atoms with Gasteiger partial charge in [-0.2, -0.15) is 0 Å². The first kappa shape index (κ1) is 20.0. The van der Waals surface area contributed by atoms with Gasteiger partial charge in [0, 0.05) is 31.7 Å². The van der Waals surface area contributed by atoms with Crippen LogP contribution in [0.4, 0.5) is 8.78 Å². The van der Waals surface area contributed by atoms with Crippen molar-refractivity contribution in [1.29, 1.82) is 0 Å². The Kier molecular flexibility index (Phi) is 7.80. The molecule has 0 spiro atoms. The molecule has 0 fully saturated rings. The van der Waals surface area contributed by atoms with Crippen LogP contribution < -0.4 is 5.73 Å². The summed E-state index contributed by atoms with van der Waals surface area (Å²) in [6.45, 7) is 3.12. The number of nitrogens with two attached hydrogens (primary N) is 1. The molecule has 6 nitrogen and oxygen atoms in total. The molecule has 0 unspecified atom stereocenters. The number of rotatable bonds is 5. The maximum absolute atomic E-state index is 13.7. The van der Waals surface area contributed by atoms with E-state index in [4.69, 9.17) is 15.6 Å². The molecule has 0 aliphatic carbocycles. The third-order valence-electron chi connectivity index (χ3n) is 3.01. The number of aliphatic carboxylic acids is 1. The van der Waals surface area contributed by atoms with Crippen molar-refractivity contribution < 1.29 is 18.7 Å². The summed E-state index contributed by atoms with van der Waals surface area (Å²) in [7, 11) is 1.83. The summed E-state index contributed by atoms with van der Waals surface area (Å²) in [5.74, 6) is -1.32. The summed E-state index contributed by atoms with van der Waals surface area (Å²) in [5.41, 5.74) is 6.10. The number of aryl methyl sites for hydroxylation is 1. The number of carboxylic acid groups (broad SMARTS) is 1. The van der Waals surface area contributed by atoms with E-state index < -0.39 is 17.6 Å². The summed E-state index contributed by atoms with van der Waals surface area (Å²) in [6.07, 6.45) is 0.636. The molecule has 132 valence electrons. The molecule has 0 saturated carbocycles. The standard InChI is InChI=1S/C13H16F2N4S.C2H4O2/c1-8-3-4-9(12(15)11(8)14)7-20-13-18-17-10(5-6-16)19(13)2;1-2(3)4/h3-4H,5-7,16H2,1-2H3;1H3,(H,3,4). The van der Waals surface area contributed by atoms with Crippen molar-refractivity contribution in [3.05, 3.63) is 40.7 Å². The number of carboxylic acids is 1. The van der Waals surface area contributed by atoms with Gasteiger partial charge in [-0.25, -0.2) is 8.78 Å². The van der Waals surface area contributed by atoms with Gasteiger partial charge in [0.2, 0.25) is 0 Å². The van der Waals surface area contributed by atoms with Gasteiger partial charge in [0.25, 0.3) is 5.97 Å². The number of benzene rings is 1. The van der Waals surface area contributed by atoms with Crippen LogP contribution in [0.3, 0.4) is 0 Å². The number of nitrogens with zero attached hydrogens (tertiary/aromatic N) is 3. The van der Waals surface area contributed by atoms with Crippen molar-refractivity contribution in [2.45, 2.75) is 31.2 Å². The minimum atomic E-state index is -0.833. The van der Waals surface area contributed by atoms with Crippen LogP contribution in [0.1, 0.15) is 23.9 Å². The van der Waals surface area contributed by atoms with Crippen LogP contribution in [-0.2, 0) is 24.0 Å². The number of carbonyl (C=O) groups is 1. The molecule has 0 amide bonds. The predicted molar refractivity (Wildman–Crippen MR) is 87.7 cm³/mol. The summed E-state index contributed by atoms with van der Waals surface area (Å²) in [5, 5.41) is 16.1. The molecule has 0 saturated heterocycles. The highest BCUT2D eigenvalue weighted by Gasteiger charge is 2.13. The Morgan fingerprint density at radius 2 is 1.96 bits per heavy atom. The number of hydrogen-bond donors (Lipinski definition) is 2. The number of thioether (sulfide) groups is 1. The monoisotopic (exact) mass is 358 g/mol. The molecular weight excluding hydrogens is 338 g/mol. The summed E-state index contributed by atoms with van der Waals surface area (Å²) >= 11 is 1.32. The van der Waals surface area contributed by atoms with Crippen molar-refractivity contribution in [2.24, 2.45) is 12.8 Å². The van der Waals surface area contributed by atoms with E-state index in [1.807, 2.05) is 11.6 Å². The van der Waals surface area contributed by atoms with Crippen molar-refractivity contribution >= 4 is 17.7 Å². The molecule has 24 heavy (non-hydrogen) atoms. The van der Waals surface area contributed by atoms with Gasteiger partial charge in [-0.3, -0.25) is 4.79 Å². The maximum atomic E-state index is 13.7. The average Bonchev–Trinajstić information content (AvgIpc) is 2.85. The molecular formula is C15H20F2N4O2S. The molecule has 2 aromatic rings. The SMILES string of the molecule is CC(=O)O.Cc1ccc(CSc2nnc(CCN)n2C)c(F)c1F. The van der Waals surface area contributed by atoms with Crippen molar-refractivity contribution in [2.75, 3.05) is 6.54 Å². The molecule has 0 atom stereocenters. The van der Waals surface area contributed by atoms with Crippen LogP contribution in [0, 0.1) is 18.6 Å². The zero-order valence-electron chi connectivity index (χ0n) is 13.7. The highest BCUT2D eigenvalue weighted by atomic mass is 32.2. The first-order valence-corrected chi connectivity index (χ1v) is 8.10. The van der Waals surface area contributed by atoms with Gasteiger partial charge in [0.05, 0.1) is 0 Å². The molecule has 1 heterocycles. The summed E-state index contributed by atoms with van der Waals surface area (Å²) < 4.78 is 29.0. The molecule has 0 aliphatic rings. The van der Waals surface area contributed by atoms with Gasteiger partial charge in [0.15, 0.2) is 16.8 Å². The second-order valence-electron chi connectivity index (χ2n) is 4.97. The Labute approximate surface area is 143 Å². The Balaban J connectivity index is 0.000000648. The van der Waals surface area contributed by atoms with Gasteiger partial charge >= 0.3 is 0 Å². The van der Waals surface area contributed by atoms with E-state index in [2.05, 4.69) is 10.2 Å². The lowest BCUT2D eigenvalue weighted by Crippen LogP contribution is -2.08. The zero-order valence-corrected chi connectivity index (χ0v) is 14.5. The lowest BCUT2D eigenvalue weighted by atomic mass is 10.1. The van der Waals surface area contributed by atoms with Crippen molar-refractivity contribution in [3.8, 4) is 0 Å². The van der Waals surface area contributed by atoms with Crippen LogP contribution >= 0.6 is 11.8 Å². The molecule has 0 bridgehead atoms. The largest absolute Gasteiger partial charge is 0.481 e. The number of halogens is 2. The topological polar surface area (TPSA) is 94.0 Å². The highest BCUT2D eigenvalue weighted by molar-refractivity contribution is 7.98. The van der Waals surface area contributed by atoms with Gasteiger partial charge in [-0.05, 0) is 19.0 Å². The Bertz CT molecular complexity index is 703. The molecule has 3 N–H and O–H groups in total. The van der Waals surface area contributed by atoms with Gasteiger partial charge < -0.3 is 15.4 Å². The van der Waals surface area contributed by atoms with E-state index in [1.54, 1.807) is 12.1 Å². The van der Waals surface area contributed by atoms with Gasteiger partial charge in [-0.1, -0.05) is 23.9 Å². The van der Waals surface area contributed by atoms with Crippen LogP contribution in [0.2, 0.25) is 0 Å². The third-order valence-corrected chi connectivity index (χ3v) is 4.07. The lowest BCUT2D eigenvalue weighted by molar-refractivity contribution is -0.134. The van der Waals surface area contributed by atoms with E-state index in [9.17, 15) is 8.78 Å². The molecule has 0 radical (unpaired) electrons. The van der Waals surface area contributed by atoms with E-state index in [-0.39, 0.29) is 0 Å². The fraction of sp³-hybridized carbons (Fsp3) is 0.400. The van der Waals surface area contributed by atoms with E-state index in [0.29, 0.717) is 35.0 Å². The molecule has 9 heteroatoms. The Morgan fingerprint density at radius 3 is 2.54 bits per heavy atom. The normalized spacial score (nSPS) is 10.2. The molecule has 1 aromatic heterocycles. The molecule has 0 aliphatic heterocycles. The second kappa shape index (κ2) is 9.33. The number of hydrogen-bond acceptors (Lipinski definition) is 5. The van der Waals surface area contributed by atoms with Crippen LogP contribution in [0.25, 0.3) is 0 Å². The summed E-state index contributed by atoms with van der Waals surface area (Å²) in [4.78, 5) is 9.00. The Morgan fingerprint density at radius 1 is 1.33 bits per heavy atom. The van der Waals surface area contributed by atoms with Crippen molar-refractivity contribution in [1.82, 2.24) is 14.8 Å². The zero-order chi connectivity index (χ0) is 18.3. The lowest BCUT2D eigenvalue weighted by Gasteiger charge is -2.06. The fourth-order valence-corrected chi connectivity index (χ4v) is 2.66. The van der Waals surface area contributed by atoms with Crippen LogP contribution in [0.5, 0.6) is 0 Å². The minimum Gasteiger partial charge on any atom is -0.481 e. The third kappa shape index (κ3) is 5.57. The smallest absolute Gasteiger partial charge is 0.300 e. The van der Waals surface area contributed by atoms with Crippen molar-refractivity contribution in [3.63, 3.8) is 0 Å². The second-order valence-corrected chi connectivity index (χ2v) is 5.92. The van der Waals surface area contributed by atoms with Gasteiger partial charge in [-0.15, -0.1) is 10.2 Å².